The fourth-order valence-electron chi connectivity index (χ4n) is 1.78. The fourth-order valence-corrected chi connectivity index (χ4v) is 2.19. The summed E-state index contributed by atoms with van der Waals surface area (Å²) >= 11 is 1.69. The van der Waals surface area contributed by atoms with Crippen LogP contribution in [-0.4, -0.2) is 17.3 Å². The molecule has 0 aliphatic heterocycles. The summed E-state index contributed by atoms with van der Waals surface area (Å²) in [6, 6.07) is 15.3. The third-order valence-electron chi connectivity index (χ3n) is 2.85. The molecule has 3 N–H and O–H groups in total. The minimum atomic E-state index is 0.0851. The van der Waals surface area contributed by atoms with Gasteiger partial charge in [-0.25, -0.2) is 0 Å². The summed E-state index contributed by atoms with van der Waals surface area (Å²) in [5.74, 6) is 0.874. The average Bonchev–Trinajstić information content (AvgIpc) is 2.53. The summed E-state index contributed by atoms with van der Waals surface area (Å²) in [5, 5.41) is 11.8. The Balaban J connectivity index is 2.10. The Labute approximate surface area is 122 Å². The number of ether oxygens (including phenoxy) is 1. The van der Waals surface area contributed by atoms with E-state index in [9.17, 15) is 0 Å². The molecule has 0 aliphatic rings. The van der Waals surface area contributed by atoms with Crippen molar-refractivity contribution in [2.75, 3.05) is 6.26 Å². The Morgan fingerprint density at radius 3 is 2.55 bits per heavy atom. The number of nitrogens with zero attached hydrogens (tertiary/aromatic N) is 1. The SMILES string of the molecule is CSc1ccc(OCc2ccccc2C(N)=NO)cc1. The molecule has 0 aliphatic carbocycles. The molecule has 4 nitrogen and oxygen atoms in total. The van der Waals surface area contributed by atoms with Gasteiger partial charge in [0.15, 0.2) is 5.84 Å². The number of nitrogens with two attached hydrogens (primary N) is 1. The maximum atomic E-state index is 8.78. The minimum absolute atomic E-state index is 0.0851. The van der Waals surface area contributed by atoms with Crippen LogP contribution in [0.1, 0.15) is 11.1 Å². The fraction of sp³-hybridized carbons (Fsp3) is 0.133. The second kappa shape index (κ2) is 6.86. The third kappa shape index (κ3) is 3.45. The smallest absolute Gasteiger partial charge is 0.170 e. The minimum Gasteiger partial charge on any atom is -0.489 e. The summed E-state index contributed by atoms with van der Waals surface area (Å²) in [7, 11) is 0. The zero-order valence-corrected chi connectivity index (χ0v) is 11.9. The van der Waals surface area contributed by atoms with E-state index < -0.39 is 0 Å². The number of thioether (sulfide) groups is 1. The molecule has 0 atom stereocenters. The van der Waals surface area contributed by atoms with E-state index in [1.165, 1.54) is 4.90 Å². The van der Waals surface area contributed by atoms with Crippen molar-refractivity contribution in [2.24, 2.45) is 10.9 Å². The molecule has 0 saturated heterocycles. The zero-order chi connectivity index (χ0) is 14.4. The van der Waals surface area contributed by atoms with Crippen molar-refractivity contribution in [3.05, 3.63) is 59.7 Å². The Morgan fingerprint density at radius 1 is 1.20 bits per heavy atom. The van der Waals surface area contributed by atoms with Crippen LogP contribution < -0.4 is 10.5 Å². The van der Waals surface area contributed by atoms with Crippen molar-refractivity contribution < 1.29 is 9.94 Å². The average molecular weight is 288 g/mol. The monoisotopic (exact) mass is 288 g/mol. The molecule has 0 spiro atoms. The van der Waals surface area contributed by atoms with Crippen molar-refractivity contribution in [1.29, 1.82) is 0 Å². The predicted molar refractivity (Wildman–Crippen MR) is 81.5 cm³/mol. The summed E-state index contributed by atoms with van der Waals surface area (Å²) in [6.45, 7) is 0.366. The van der Waals surface area contributed by atoms with Crippen LogP contribution in [-0.2, 0) is 6.61 Å². The molecule has 0 aromatic heterocycles. The molecule has 0 saturated carbocycles. The van der Waals surface area contributed by atoms with E-state index >= 15 is 0 Å². The number of hydrogen-bond donors (Lipinski definition) is 2. The highest BCUT2D eigenvalue weighted by molar-refractivity contribution is 7.98. The second-order valence-corrected chi connectivity index (χ2v) is 4.99. The van der Waals surface area contributed by atoms with Gasteiger partial charge in [0.25, 0.3) is 0 Å². The summed E-state index contributed by atoms with van der Waals surface area (Å²) in [4.78, 5) is 1.19. The van der Waals surface area contributed by atoms with Gasteiger partial charge in [-0.1, -0.05) is 29.4 Å². The van der Waals surface area contributed by atoms with E-state index in [1.807, 2.05) is 48.7 Å². The van der Waals surface area contributed by atoms with Crippen molar-refractivity contribution >= 4 is 17.6 Å². The standard InChI is InChI=1S/C15H16N2O2S/c1-20-13-8-6-12(7-9-13)19-10-11-4-2-3-5-14(11)15(16)17-18/h2-9,18H,10H2,1H3,(H2,16,17). The molecule has 0 bridgehead atoms. The van der Waals surface area contributed by atoms with E-state index in [0.717, 1.165) is 11.3 Å². The number of amidine groups is 1. The van der Waals surface area contributed by atoms with Crippen LogP contribution in [0, 0.1) is 0 Å². The molecule has 0 heterocycles. The van der Waals surface area contributed by atoms with E-state index in [1.54, 1.807) is 17.8 Å². The first-order chi connectivity index (χ1) is 9.74. The van der Waals surface area contributed by atoms with Gasteiger partial charge in [0.1, 0.15) is 12.4 Å². The second-order valence-electron chi connectivity index (χ2n) is 4.11. The van der Waals surface area contributed by atoms with Crippen molar-refractivity contribution in [3.63, 3.8) is 0 Å². The number of benzene rings is 2. The highest BCUT2D eigenvalue weighted by Gasteiger charge is 2.06. The molecule has 2 aromatic rings. The van der Waals surface area contributed by atoms with Crippen LogP contribution in [0.25, 0.3) is 0 Å². The largest absolute Gasteiger partial charge is 0.489 e. The number of rotatable bonds is 5. The molecule has 2 aromatic carbocycles. The van der Waals surface area contributed by atoms with Crippen LogP contribution >= 0.6 is 11.8 Å². The molecule has 0 unspecified atom stereocenters. The van der Waals surface area contributed by atoms with E-state index in [2.05, 4.69) is 5.16 Å². The Morgan fingerprint density at radius 2 is 1.90 bits per heavy atom. The highest BCUT2D eigenvalue weighted by atomic mass is 32.2. The van der Waals surface area contributed by atoms with Gasteiger partial charge in [-0.2, -0.15) is 0 Å². The van der Waals surface area contributed by atoms with Gasteiger partial charge in [-0.3, -0.25) is 0 Å². The van der Waals surface area contributed by atoms with E-state index in [-0.39, 0.29) is 5.84 Å². The summed E-state index contributed by atoms with van der Waals surface area (Å²) in [5.41, 5.74) is 7.19. The van der Waals surface area contributed by atoms with Crippen molar-refractivity contribution in [1.82, 2.24) is 0 Å². The molecular weight excluding hydrogens is 272 g/mol. The topological polar surface area (TPSA) is 67.8 Å². The van der Waals surface area contributed by atoms with Crippen molar-refractivity contribution in [2.45, 2.75) is 11.5 Å². The lowest BCUT2D eigenvalue weighted by Gasteiger charge is -2.10. The first-order valence-electron chi connectivity index (χ1n) is 6.07. The Kier molecular flexibility index (Phi) is 4.90. The van der Waals surface area contributed by atoms with E-state index in [0.29, 0.717) is 12.2 Å². The van der Waals surface area contributed by atoms with Crippen LogP contribution in [0.4, 0.5) is 0 Å². The van der Waals surface area contributed by atoms with Crippen molar-refractivity contribution in [3.8, 4) is 5.75 Å². The normalized spacial score (nSPS) is 11.3. The maximum absolute atomic E-state index is 8.78. The van der Waals surface area contributed by atoms with Crippen LogP contribution in [0.2, 0.25) is 0 Å². The van der Waals surface area contributed by atoms with Crippen LogP contribution in [0.15, 0.2) is 58.6 Å². The zero-order valence-electron chi connectivity index (χ0n) is 11.1. The van der Waals surface area contributed by atoms with E-state index in [4.69, 9.17) is 15.7 Å². The van der Waals surface area contributed by atoms with Gasteiger partial charge >= 0.3 is 0 Å². The first kappa shape index (κ1) is 14.3. The van der Waals surface area contributed by atoms with Gasteiger partial charge in [-0.15, -0.1) is 11.8 Å². The lowest BCUT2D eigenvalue weighted by atomic mass is 10.1. The van der Waals surface area contributed by atoms with Gasteiger partial charge < -0.3 is 15.7 Å². The Hall–Kier alpha value is -2.14. The maximum Gasteiger partial charge on any atom is 0.170 e. The lowest BCUT2D eigenvalue weighted by Crippen LogP contribution is -2.16. The quantitative estimate of drug-likeness (QED) is 0.292. The molecule has 20 heavy (non-hydrogen) atoms. The number of hydrogen-bond acceptors (Lipinski definition) is 4. The molecule has 0 amide bonds. The lowest BCUT2D eigenvalue weighted by molar-refractivity contribution is 0.305. The van der Waals surface area contributed by atoms with Crippen LogP contribution in [0.5, 0.6) is 5.75 Å². The molecular formula is C15H16N2O2S. The third-order valence-corrected chi connectivity index (χ3v) is 3.60. The summed E-state index contributed by atoms with van der Waals surface area (Å²) in [6.07, 6.45) is 2.03. The van der Waals surface area contributed by atoms with Gasteiger partial charge in [0.2, 0.25) is 0 Å². The summed E-state index contributed by atoms with van der Waals surface area (Å²) < 4.78 is 5.73. The van der Waals surface area contributed by atoms with Gasteiger partial charge in [-0.05, 0) is 30.5 Å². The van der Waals surface area contributed by atoms with Crippen LogP contribution in [0.3, 0.4) is 0 Å². The first-order valence-corrected chi connectivity index (χ1v) is 7.29. The van der Waals surface area contributed by atoms with Gasteiger partial charge in [0.05, 0.1) is 0 Å². The molecule has 0 fully saturated rings. The van der Waals surface area contributed by atoms with Gasteiger partial charge in [0, 0.05) is 16.0 Å². The Bertz CT molecular complexity index is 597. The predicted octanol–water partition coefficient (Wildman–Crippen LogP) is 3.08. The molecule has 5 heteroatoms. The molecule has 2 rings (SSSR count). The highest BCUT2D eigenvalue weighted by Crippen LogP contribution is 2.20. The number of oxime groups is 1. The molecule has 104 valence electrons. The molecule has 0 radical (unpaired) electrons.